The highest BCUT2D eigenvalue weighted by Crippen LogP contribution is 1.88. The van der Waals surface area contributed by atoms with E-state index in [0.29, 0.717) is 0 Å². The lowest BCUT2D eigenvalue weighted by atomic mass is 10.3. The molecule has 0 aliphatic rings. The molecule has 0 unspecified atom stereocenters. The maximum atomic E-state index is 3.69. The molecule has 0 aromatic rings. The lowest BCUT2D eigenvalue weighted by Crippen LogP contribution is -1.64. The van der Waals surface area contributed by atoms with Gasteiger partial charge in [-0.05, 0) is 13.3 Å². The first-order valence-electron chi connectivity index (χ1n) is 2.60. The van der Waals surface area contributed by atoms with Gasteiger partial charge in [0.1, 0.15) is 0 Å². The standard InChI is InChI=1S/C7H11/c1-3-5-7-6-4-2/h1,3,5,7H2,2H3. The van der Waals surface area contributed by atoms with Crippen LogP contribution in [0, 0.1) is 18.8 Å². The molecule has 0 atom stereocenters. The molecular formula is C7H11. The third-order valence-corrected chi connectivity index (χ3v) is 0.729. The molecule has 0 saturated carbocycles. The highest BCUT2D eigenvalue weighted by Gasteiger charge is 1.72. The van der Waals surface area contributed by atoms with Crippen molar-refractivity contribution in [3.8, 4) is 11.8 Å². The second-order valence-electron chi connectivity index (χ2n) is 1.38. The quantitative estimate of drug-likeness (QED) is 0.363. The van der Waals surface area contributed by atoms with Crippen molar-refractivity contribution in [3.05, 3.63) is 6.92 Å². The Morgan fingerprint density at radius 3 is 2.71 bits per heavy atom. The third kappa shape index (κ3) is 5.56. The van der Waals surface area contributed by atoms with Gasteiger partial charge in [0.05, 0.1) is 0 Å². The SMILES string of the molecule is [CH2]CCCC#CC. The Morgan fingerprint density at radius 1 is 1.57 bits per heavy atom. The molecule has 7 heavy (non-hydrogen) atoms. The predicted molar refractivity (Wildman–Crippen MR) is 32.7 cm³/mol. The van der Waals surface area contributed by atoms with Crippen LogP contribution in [0.2, 0.25) is 0 Å². The fraction of sp³-hybridized carbons (Fsp3) is 0.571. The molecule has 0 aromatic carbocycles. The van der Waals surface area contributed by atoms with Crippen molar-refractivity contribution >= 4 is 0 Å². The average Bonchev–Trinajstić information content (AvgIpc) is 1.69. The summed E-state index contributed by atoms with van der Waals surface area (Å²) in [5.74, 6) is 5.78. The minimum Gasteiger partial charge on any atom is -0.107 e. The Kier molecular flexibility index (Phi) is 5.21. The summed E-state index contributed by atoms with van der Waals surface area (Å²) in [5, 5.41) is 0. The minimum atomic E-state index is 1.01. The first-order chi connectivity index (χ1) is 3.41. The van der Waals surface area contributed by atoms with Crippen LogP contribution >= 0.6 is 0 Å². The summed E-state index contributed by atoms with van der Waals surface area (Å²) in [6, 6.07) is 0. The molecule has 0 heterocycles. The van der Waals surface area contributed by atoms with Gasteiger partial charge in [-0.25, -0.2) is 0 Å². The van der Waals surface area contributed by atoms with E-state index in [2.05, 4.69) is 18.8 Å². The van der Waals surface area contributed by atoms with Crippen molar-refractivity contribution in [2.24, 2.45) is 0 Å². The summed E-state index contributed by atoms with van der Waals surface area (Å²) in [5.41, 5.74) is 0. The van der Waals surface area contributed by atoms with Crippen LogP contribution < -0.4 is 0 Å². The van der Waals surface area contributed by atoms with Crippen molar-refractivity contribution in [3.63, 3.8) is 0 Å². The predicted octanol–water partition coefficient (Wildman–Crippen LogP) is 2.01. The normalized spacial score (nSPS) is 7.14. The molecule has 0 fully saturated rings. The number of unbranched alkanes of at least 4 members (excludes halogenated alkanes) is 2. The van der Waals surface area contributed by atoms with Gasteiger partial charge in [0.25, 0.3) is 0 Å². The zero-order valence-corrected chi connectivity index (χ0v) is 4.83. The maximum absolute atomic E-state index is 3.69. The lowest BCUT2D eigenvalue weighted by Gasteiger charge is -1.80. The molecule has 0 bridgehead atoms. The molecule has 0 aliphatic carbocycles. The molecule has 0 rings (SSSR count). The van der Waals surface area contributed by atoms with Gasteiger partial charge in [-0.2, -0.15) is 0 Å². The van der Waals surface area contributed by atoms with Crippen molar-refractivity contribution in [2.75, 3.05) is 0 Å². The van der Waals surface area contributed by atoms with E-state index < -0.39 is 0 Å². The van der Waals surface area contributed by atoms with Crippen molar-refractivity contribution < 1.29 is 0 Å². The van der Waals surface area contributed by atoms with E-state index in [1.165, 1.54) is 0 Å². The molecular weight excluding hydrogens is 84.1 g/mol. The van der Waals surface area contributed by atoms with Gasteiger partial charge in [-0.3, -0.25) is 0 Å². The van der Waals surface area contributed by atoms with Gasteiger partial charge >= 0.3 is 0 Å². The summed E-state index contributed by atoms with van der Waals surface area (Å²) >= 11 is 0. The molecule has 0 spiro atoms. The summed E-state index contributed by atoms with van der Waals surface area (Å²) in [7, 11) is 0. The molecule has 0 saturated heterocycles. The van der Waals surface area contributed by atoms with Crippen molar-refractivity contribution in [1.82, 2.24) is 0 Å². The fourth-order valence-corrected chi connectivity index (χ4v) is 0.338. The monoisotopic (exact) mass is 95.1 g/mol. The van der Waals surface area contributed by atoms with E-state index in [9.17, 15) is 0 Å². The van der Waals surface area contributed by atoms with Gasteiger partial charge in [0, 0.05) is 6.42 Å². The van der Waals surface area contributed by atoms with Gasteiger partial charge in [-0.15, -0.1) is 11.8 Å². The van der Waals surface area contributed by atoms with Gasteiger partial charge < -0.3 is 0 Å². The van der Waals surface area contributed by atoms with E-state index in [-0.39, 0.29) is 0 Å². The van der Waals surface area contributed by atoms with Crippen LogP contribution in [0.5, 0.6) is 0 Å². The van der Waals surface area contributed by atoms with E-state index in [0.717, 1.165) is 19.3 Å². The number of rotatable bonds is 2. The Balaban J connectivity index is 2.78. The van der Waals surface area contributed by atoms with Crippen molar-refractivity contribution in [1.29, 1.82) is 0 Å². The maximum Gasteiger partial charge on any atom is 0.00885 e. The van der Waals surface area contributed by atoms with E-state index in [4.69, 9.17) is 0 Å². The summed E-state index contributed by atoms with van der Waals surface area (Å²) in [6.07, 6.45) is 3.16. The summed E-state index contributed by atoms with van der Waals surface area (Å²) in [6.45, 7) is 5.55. The first kappa shape index (κ1) is 6.56. The third-order valence-electron chi connectivity index (χ3n) is 0.729. The second-order valence-corrected chi connectivity index (χ2v) is 1.38. The Morgan fingerprint density at radius 2 is 2.29 bits per heavy atom. The summed E-state index contributed by atoms with van der Waals surface area (Å²) in [4.78, 5) is 0. The van der Waals surface area contributed by atoms with Gasteiger partial charge in [-0.1, -0.05) is 13.3 Å². The number of hydrogen-bond acceptors (Lipinski definition) is 0. The van der Waals surface area contributed by atoms with E-state index in [1.54, 1.807) is 0 Å². The lowest BCUT2D eigenvalue weighted by molar-refractivity contribution is 0.883. The smallest absolute Gasteiger partial charge is 0.00885 e. The zero-order valence-electron chi connectivity index (χ0n) is 4.83. The Bertz CT molecular complexity index is 71.8. The molecule has 0 nitrogen and oxygen atoms in total. The van der Waals surface area contributed by atoms with E-state index in [1.807, 2.05) is 6.92 Å². The topological polar surface area (TPSA) is 0 Å². The van der Waals surface area contributed by atoms with Crippen LogP contribution in [-0.2, 0) is 0 Å². The average molecular weight is 95.2 g/mol. The van der Waals surface area contributed by atoms with Gasteiger partial charge in [0.2, 0.25) is 0 Å². The van der Waals surface area contributed by atoms with E-state index >= 15 is 0 Å². The Labute approximate surface area is 45.9 Å². The van der Waals surface area contributed by atoms with Crippen molar-refractivity contribution in [2.45, 2.75) is 26.2 Å². The van der Waals surface area contributed by atoms with Crippen LogP contribution in [0.25, 0.3) is 0 Å². The first-order valence-corrected chi connectivity index (χ1v) is 2.60. The highest BCUT2D eigenvalue weighted by atomic mass is 13.8. The molecule has 0 N–H and O–H groups in total. The Hall–Kier alpha value is -0.440. The van der Waals surface area contributed by atoms with Gasteiger partial charge in [0.15, 0.2) is 0 Å². The largest absolute Gasteiger partial charge is 0.107 e. The minimum absolute atomic E-state index is 1.01. The second kappa shape index (κ2) is 5.56. The van der Waals surface area contributed by atoms with Crippen LogP contribution in [-0.4, -0.2) is 0 Å². The molecule has 39 valence electrons. The molecule has 0 heteroatoms. The molecule has 0 amide bonds. The van der Waals surface area contributed by atoms with Crippen LogP contribution in [0.1, 0.15) is 26.2 Å². The zero-order chi connectivity index (χ0) is 5.54. The summed E-state index contributed by atoms with van der Waals surface area (Å²) < 4.78 is 0. The fourth-order valence-electron chi connectivity index (χ4n) is 0.338. The number of hydrogen-bond donors (Lipinski definition) is 0. The molecule has 0 aliphatic heterocycles. The molecule has 0 aromatic heterocycles. The van der Waals surface area contributed by atoms with Crippen LogP contribution in [0.4, 0.5) is 0 Å². The molecule has 1 radical (unpaired) electrons. The van der Waals surface area contributed by atoms with Crippen LogP contribution in [0.3, 0.4) is 0 Å². The van der Waals surface area contributed by atoms with Crippen LogP contribution in [0.15, 0.2) is 0 Å². The highest BCUT2D eigenvalue weighted by molar-refractivity contribution is 4.94.